The zero-order chi connectivity index (χ0) is 8.39. The monoisotopic (exact) mass is 159 g/mol. The first kappa shape index (κ1) is 6.93. The highest BCUT2D eigenvalue weighted by Crippen LogP contribution is 2.18. The molecule has 1 aromatic carbocycles. The lowest BCUT2D eigenvalue weighted by molar-refractivity contribution is 0.606. The van der Waals surface area contributed by atoms with E-state index in [0.717, 1.165) is 5.39 Å². The van der Waals surface area contributed by atoms with Crippen molar-refractivity contribution in [2.45, 2.75) is 0 Å². The Kier molecular flexibility index (Phi) is 1.56. The van der Waals surface area contributed by atoms with E-state index in [9.17, 15) is 4.39 Å². The number of rotatable bonds is 0. The van der Waals surface area contributed by atoms with Crippen molar-refractivity contribution in [3.05, 3.63) is 36.1 Å². The number of fused-ring (bicyclic) bond motifs is 1. The number of halogens is 1. The van der Waals surface area contributed by atoms with E-state index in [0.29, 0.717) is 11.1 Å². The third-order valence-corrected chi connectivity index (χ3v) is 1.62. The van der Waals surface area contributed by atoms with Crippen molar-refractivity contribution in [1.82, 2.24) is 0 Å². The summed E-state index contributed by atoms with van der Waals surface area (Å²) in [6.07, 6.45) is 3.93. The first-order valence-electron chi connectivity index (χ1n) is 3.42. The highest BCUT2D eigenvalue weighted by Gasteiger charge is 1.99. The molecule has 0 aliphatic carbocycles. The summed E-state index contributed by atoms with van der Waals surface area (Å²) in [4.78, 5) is 0. The predicted molar refractivity (Wildman–Crippen MR) is 43.0 cm³/mol. The molecule has 2 heteroatoms. The lowest BCUT2D eigenvalue weighted by atomic mass is 10.1. The van der Waals surface area contributed by atoms with Crippen molar-refractivity contribution in [2.24, 2.45) is 0 Å². The average Bonchev–Trinajstić information content (AvgIpc) is 2.53. The van der Waals surface area contributed by atoms with Crippen LogP contribution in [0.25, 0.3) is 11.0 Å². The molecule has 2 rings (SSSR count). The molecule has 0 bridgehead atoms. The van der Waals surface area contributed by atoms with E-state index in [1.165, 1.54) is 6.17 Å². The fraction of sp³-hybridized carbons (Fsp3) is 0. The molecule has 0 spiro atoms. The molecule has 0 saturated carbocycles. The fourth-order valence-electron chi connectivity index (χ4n) is 1.09. The van der Waals surface area contributed by atoms with Gasteiger partial charge in [0.25, 0.3) is 0 Å². The Bertz CT molecular complexity index is 459. The quantitative estimate of drug-likeness (QED) is 0.538. The van der Waals surface area contributed by atoms with Gasteiger partial charge in [0.1, 0.15) is 11.8 Å². The summed E-state index contributed by atoms with van der Waals surface area (Å²) in [6, 6.07) is 6.93. The predicted octanol–water partition coefficient (Wildman–Crippen LogP) is 2.51. The largest absolute Gasteiger partial charge is 0.453 e. The summed E-state index contributed by atoms with van der Waals surface area (Å²) >= 11 is 0. The Morgan fingerprint density at radius 1 is 1.42 bits per heavy atom. The standard InChI is InChI=1S/C10H4FO/c11-6-4-8-2-1-3-10-9(8)5-7-12-10/h1-3,5H. The number of hydrogen-bond acceptors (Lipinski definition) is 1. The van der Waals surface area contributed by atoms with Gasteiger partial charge in [-0.15, -0.1) is 4.39 Å². The molecule has 57 valence electrons. The van der Waals surface area contributed by atoms with Gasteiger partial charge in [-0.1, -0.05) is 6.07 Å². The maximum absolute atomic E-state index is 11.7. The Labute approximate surface area is 68.8 Å². The highest BCUT2D eigenvalue weighted by molar-refractivity contribution is 5.83. The molecule has 0 fully saturated rings. The second-order valence-electron chi connectivity index (χ2n) is 2.30. The van der Waals surface area contributed by atoms with Crippen LogP contribution in [0.2, 0.25) is 0 Å². The first-order valence-corrected chi connectivity index (χ1v) is 3.42. The van der Waals surface area contributed by atoms with Gasteiger partial charge < -0.3 is 4.42 Å². The van der Waals surface area contributed by atoms with Crippen LogP contribution in [0.4, 0.5) is 4.39 Å². The molecular weight excluding hydrogens is 155 g/mol. The highest BCUT2D eigenvalue weighted by atomic mass is 19.1. The third kappa shape index (κ3) is 0.960. The molecule has 12 heavy (non-hydrogen) atoms. The van der Waals surface area contributed by atoms with E-state index in [2.05, 4.69) is 12.2 Å². The van der Waals surface area contributed by atoms with Crippen LogP contribution in [-0.2, 0) is 0 Å². The van der Waals surface area contributed by atoms with Crippen molar-refractivity contribution in [3.8, 4) is 12.1 Å². The number of furan rings is 1. The summed E-state index contributed by atoms with van der Waals surface area (Å²) in [6.45, 7) is 0. The van der Waals surface area contributed by atoms with Gasteiger partial charge in [0, 0.05) is 10.9 Å². The van der Waals surface area contributed by atoms with Gasteiger partial charge in [-0.2, -0.15) is 0 Å². The molecule has 0 N–H and O–H groups in total. The third-order valence-electron chi connectivity index (χ3n) is 1.62. The van der Waals surface area contributed by atoms with E-state index < -0.39 is 0 Å². The van der Waals surface area contributed by atoms with Gasteiger partial charge in [-0.05, 0) is 24.1 Å². The van der Waals surface area contributed by atoms with Crippen LogP contribution < -0.4 is 0 Å². The van der Waals surface area contributed by atoms with Crippen LogP contribution in [-0.4, -0.2) is 0 Å². The molecule has 0 aliphatic rings. The lowest BCUT2D eigenvalue weighted by Crippen LogP contribution is -1.73. The Hall–Kier alpha value is -1.75. The summed E-state index contributed by atoms with van der Waals surface area (Å²) in [5.41, 5.74) is 1.30. The molecular formula is C10H4FO. The van der Waals surface area contributed by atoms with Crippen LogP contribution in [0, 0.1) is 18.4 Å². The van der Waals surface area contributed by atoms with E-state index in [1.807, 2.05) is 0 Å². The summed E-state index contributed by atoms with van der Waals surface area (Å²) in [5, 5.41) is 0.794. The van der Waals surface area contributed by atoms with Crippen molar-refractivity contribution in [1.29, 1.82) is 0 Å². The molecule has 0 aliphatic heterocycles. The van der Waals surface area contributed by atoms with E-state index in [4.69, 9.17) is 4.42 Å². The molecule has 2 aromatic rings. The Morgan fingerprint density at radius 2 is 2.33 bits per heavy atom. The molecule has 0 unspecified atom stereocenters. The molecule has 1 heterocycles. The molecule has 1 nitrogen and oxygen atoms in total. The summed E-state index contributed by atoms with van der Waals surface area (Å²) in [7, 11) is 0. The van der Waals surface area contributed by atoms with Gasteiger partial charge in [0.2, 0.25) is 0 Å². The second kappa shape index (κ2) is 2.71. The summed E-state index contributed by atoms with van der Waals surface area (Å²) in [5.74, 6) is 2.34. The maximum Gasteiger partial charge on any atom is 0.170 e. The van der Waals surface area contributed by atoms with Gasteiger partial charge >= 0.3 is 0 Å². The van der Waals surface area contributed by atoms with Crippen LogP contribution in [0.15, 0.2) is 28.7 Å². The van der Waals surface area contributed by atoms with Gasteiger partial charge in [-0.25, -0.2) is 0 Å². The summed E-state index contributed by atoms with van der Waals surface area (Å²) < 4.78 is 16.7. The minimum Gasteiger partial charge on any atom is -0.453 e. The van der Waals surface area contributed by atoms with E-state index in [1.54, 1.807) is 24.3 Å². The smallest absolute Gasteiger partial charge is 0.170 e. The first-order chi connectivity index (χ1) is 5.92. The number of benzene rings is 1. The SMILES string of the molecule is FC#Cc1cccc2o[c]cc12. The van der Waals surface area contributed by atoms with Crippen molar-refractivity contribution in [3.63, 3.8) is 0 Å². The average molecular weight is 159 g/mol. The van der Waals surface area contributed by atoms with Gasteiger partial charge in [0.05, 0.1) is 0 Å². The zero-order valence-corrected chi connectivity index (χ0v) is 6.10. The van der Waals surface area contributed by atoms with Gasteiger partial charge in [0.15, 0.2) is 6.26 Å². The molecule has 0 atom stereocenters. The topological polar surface area (TPSA) is 13.1 Å². The van der Waals surface area contributed by atoms with Crippen LogP contribution in [0.5, 0.6) is 0 Å². The van der Waals surface area contributed by atoms with Crippen LogP contribution >= 0.6 is 0 Å². The van der Waals surface area contributed by atoms with Crippen molar-refractivity contribution in [2.75, 3.05) is 0 Å². The Morgan fingerprint density at radius 3 is 3.17 bits per heavy atom. The molecule has 0 saturated heterocycles. The van der Waals surface area contributed by atoms with E-state index >= 15 is 0 Å². The zero-order valence-electron chi connectivity index (χ0n) is 6.10. The maximum atomic E-state index is 11.7. The van der Waals surface area contributed by atoms with Gasteiger partial charge in [-0.3, -0.25) is 0 Å². The molecule has 1 aromatic heterocycles. The molecule has 0 amide bonds. The van der Waals surface area contributed by atoms with Crippen molar-refractivity contribution < 1.29 is 8.81 Å². The van der Waals surface area contributed by atoms with Crippen LogP contribution in [0.3, 0.4) is 0 Å². The normalized spacial score (nSPS) is 9.42. The molecule has 1 radical (unpaired) electrons. The van der Waals surface area contributed by atoms with E-state index in [-0.39, 0.29) is 0 Å². The van der Waals surface area contributed by atoms with Crippen LogP contribution in [0.1, 0.15) is 5.56 Å². The minimum absolute atomic E-state index is 0.625. The fourth-order valence-corrected chi connectivity index (χ4v) is 1.09. The minimum atomic E-state index is 0.625. The Balaban J connectivity index is 2.79. The number of hydrogen-bond donors (Lipinski definition) is 0. The lowest BCUT2D eigenvalue weighted by Gasteiger charge is -1.89. The second-order valence-corrected chi connectivity index (χ2v) is 2.30. The van der Waals surface area contributed by atoms with Crippen molar-refractivity contribution >= 4 is 11.0 Å².